The van der Waals surface area contributed by atoms with Crippen molar-refractivity contribution in [2.24, 2.45) is 0 Å². The number of carbonyl (C=O) groups excluding carboxylic acids is 2. The lowest BCUT2D eigenvalue weighted by molar-refractivity contribution is 0.0591. The number of nitrogens with zero attached hydrogens (tertiary/aromatic N) is 2. The summed E-state index contributed by atoms with van der Waals surface area (Å²) >= 11 is 0. The molecule has 0 unspecified atom stereocenters. The molecule has 0 saturated carbocycles. The lowest BCUT2D eigenvalue weighted by Crippen LogP contribution is -2.33. The average molecular weight is 337 g/mol. The van der Waals surface area contributed by atoms with Gasteiger partial charge in [0.2, 0.25) is 0 Å². The summed E-state index contributed by atoms with van der Waals surface area (Å²) in [5.74, 6) is -0.696. The fourth-order valence-electron chi connectivity index (χ4n) is 3.62. The molecule has 3 heterocycles. The first kappa shape index (κ1) is 15.8. The van der Waals surface area contributed by atoms with Crippen LogP contribution in [0.5, 0.6) is 0 Å². The summed E-state index contributed by atoms with van der Waals surface area (Å²) in [6, 6.07) is 10.3. The summed E-state index contributed by atoms with van der Waals surface area (Å²) in [6.07, 6.45) is 0.723. The van der Waals surface area contributed by atoms with Crippen LogP contribution in [-0.4, -0.2) is 35.4 Å². The Bertz CT molecular complexity index is 849. The van der Waals surface area contributed by atoms with Crippen LogP contribution in [-0.2, 0) is 30.8 Å². The molecule has 0 saturated heterocycles. The third kappa shape index (κ3) is 2.78. The Balaban J connectivity index is 1.71. The number of hydrogen-bond donors (Lipinski definition) is 1. The number of nitrogens with one attached hydrogen (secondary N) is 1. The number of carbonyl (C=O) groups is 2. The molecule has 0 bridgehead atoms. The number of fused-ring (bicyclic) bond motifs is 3. The third-order valence-electron chi connectivity index (χ3n) is 4.85. The van der Waals surface area contributed by atoms with Crippen LogP contribution in [0.3, 0.4) is 0 Å². The molecule has 6 nitrogen and oxygen atoms in total. The fraction of sp³-hybridized carbons (Fsp3) is 0.316. The van der Waals surface area contributed by atoms with Crippen molar-refractivity contribution in [3.05, 3.63) is 64.0 Å². The average Bonchev–Trinajstić information content (AvgIpc) is 3.02. The molecule has 1 aromatic heterocycles. The summed E-state index contributed by atoms with van der Waals surface area (Å²) in [5.41, 5.74) is 4.79. The van der Waals surface area contributed by atoms with E-state index in [2.05, 4.69) is 27.3 Å². The number of hydrogen-bond acceptors (Lipinski definition) is 5. The highest BCUT2D eigenvalue weighted by atomic mass is 16.5. The molecule has 2 aliphatic rings. The predicted molar refractivity (Wildman–Crippen MR) is 91.0 cm³/mol. The molecule has 0 radical (unpaired) electrons. The van der Waals surface area contributed by atoms with Crippen molar-refractivity contribution in [1.29, 1.82) is 0 Å². The molecule has 6 heteroatoms. The number of pyridine rings is 1. The quantitative estimate of drug-likeness (QED) is 0.863. The van der Waals surface area contributed by atoms with Gasteiger partial charge < -0.3 is 10.1 Å². The van der Waals surface area contributed by atoms with Crippen molar-refractivity contribution in [2.45, 2.75) is 26.1 Å². The molecular formula is C19H19N3O3. The van der Waals surface area contributed by atoms with Crippen LogP contribution in [0, 0.1) is 0 Å². The van der Waals surface area contributed by atoms with Crippen molar-refractivity contribution in [1.82, 2.24) is 15.2 Å². The number of amides is 1. The van der Waals surface area contributed by atoms with E-state index in [1.165, 1.54) is 12.7 Å². The standard InChI is InChI=1S/C19H19N3O3/c1-25-19(24)17-13-7-8-22(10-12-5-3-2-4-6-12)11-15(13)14-9-20-18(23)16(14)21-17/h2-6H,7-11H2,1H3,(H,20,23). The minimum absolute atomic E-state index is 0.219. The van der Waals surface area contributed by atoms with Crippen LogP contribution in [0.4, 0.5) is 0 Å². The predicted octanol–water partition coefficient (Wildman–Crippen LogP) is 1.67. The highest BCUT2D eigenvalue weighted by Gasteiger charge is 2.32. The van der Waals surface area contributed by atoms with Gasteiger partial charge in [-0.25, -0.2) is 9.78 Å². The maximum absolute atomic E-state index is 12.1. The van der Waals surface area contributed by atoms with E-state index < -0.39 is 5.97 Å². The van der Waals surface area contributed by atoms with Crippen LogP contribution in [0.1, 0.15) is 43.2 Å². The highest BCUT2D eigenvalue weighted by Crippen LogP contribution is 2.30. The van der Waals surface area contributed by atoms with E-state index in [-0.39, 0.29) is 11.6 Å². The van der Waals surface area contributed by atoms with E-state index in [1.807, 2.05) is 18.2 Å². The maximum Gasteiger partial charge on any atom is 0.356 e. The van der Waals surface area contributed by atoms with Crippen molar-refractivity contribution in [3.8, 4) is 0 Å². The summed E-state index contributed by atoms with van der Waals surface area (Å²) < 4.78 is 4.87. The van der Waals surface area contributed by atoms with Gasteiger partial charge in [0.1, 0.15) is 5.69 Å². The number of benzene rings is 1. The van der Waals surface area contributed by atoms with Crippen molar-refractivity contribution >= 4 is 11.9 Å². The van der Waals surface area contributed by atoms with Crippen LogP contribution in [0.25, 0.3) is 0 Å². The lowest BCUT2D eigenvalue weighted by Gasteiger charge is -2.30. The molecule has 0 aliphatic carbocycles. The fourth-order valence-corrected chi connectivity index (χ4v) is 3.62. The second-order valence-electron chi connectivity index (χ2n) is 6.37. The van der Waals surface area contributed by atoms with Crippen molar-refractivity contribution in [2.75, 3.05) is 13.7 Å². The Labute approximate surface area is 145 Å². The summed E-state index contributed by atoms with van der Waals surface area (Å²) in [6.45, 7) is 2.86. The van der Waals surface area contributed by atoms with Gasteiger partial charge in [0.15, 0.2) is 5.69 Å². The minimum atomic E-state index is -0.477. The van der Waals surface area contributed by atoms with E-state index in [4.69, 9.17) is 4.74 Å². The minimum Gasteiger partial charge on any atom is -0.464 e. The van der Waals surface area contributed by atoms with Gasteiger partial charge in [-0.15, -0.1) is 0 Å². The zero-order valence-corrected chi connectivity index (χ0v) is 14.0. The molecule has 128 valence electrons. The van der Waals surface area contributed by atoms with Gasteiger partial charge in [0.05, 0.1) is 7.11 Å². The zero-order valence-electron chi connectivity index (χ0n) is 14.0. The number of esters is 1. The molecule has 2 aromatic rings. The SMILES string of the molecule is COC(=O)c1nc2c(c3c1CCN(Cc1ccccc1)C3)CNC2=O. The third-order valence-corrected chi connectivity index (χ3v) is 4.85. The van der Waals surface area contributed by atoms with E-state index in [0.717, 1.165) is 36.2 Å². The molecular weight excluding hydrogens is 318 g/mol. The van der Waals surface area contributed by atoms with E-state index in [9.17, 15) is 9.59 Å². The molecule has 0 fully saturated rings. The van der Waals surface area contributed by atoms with Gasteiger partial charge in [-0.2, -0.15) is 0 Å². The van der Waals surface area contributed by atoms with Gasteiger partial charge in [-0.3, -0.25) is 9.69 Å². The molecule has 1 amide bonds. The van der Waals surface area contributed by atoms with E-state index in [0.29, 0.717) is 18.8 Å². The Hall–Kier alpha value is -2.73. The molecule has 25 heavy (non-hydrogen) atoms. The Morgan fingerprint density at radius 3 is 2.80 bits per heavy atom. The maximum atomic E-state index is 12.1. The second kappa shape index (κ2) is 6.29. The number of methoxy groups -OCH3 is 1. The van der Waals surface area contributed by atoms with Gasteiger partial charge in [0.25, 0.3) is 5.91 Å². The molecule has 1 N–H and O–H groups in total. The highest BCUT2D eigenvalue weighted by molar-refractivity contribution is 5.99. The largest absolute Gasteiger partial charge is 0.464 e. The summed E-state index contributed by atoms with van der Waals surface area (Å²) in [4.78, 5) is 30.8. The van der Waals surface area contributed by atoms with Crippen molar-refractivity contribution in [3.63, 3.8) is 0 Å². The van der Waals surface area contributed by atoms with Crippen LogP contribution in [0.2, 0.25) is 0 Å². The zero-order chi connectivity index (χ0) is 17.4. The lowest BCUT2D eigenvalue weighted by atomic mass is 9.93. The Morgan fingerprint density at radius 2 is 2.04 bits per heavy atom. The first-order valence-electron chi connectivity index (χ1n) is 8.34. The van der Waals surface area contributed by atoms with Crippen LogP contribution < -0.4 is 5.32 Å². The molecule has 2 aliphatic heterocycles. The van der Waals surface area contributed by atoms with Crippen LogP contribution in [0.15, 0.2) is 30.3 Å². The van der Waals surface area contributed by atoms with Gasteiger partial charge in [0, 0.05) is 31.7 Å². The molecule has 0 spiro atoms. The number of aromatic nitrogens is 1. The number of ether oxygens (including phenoxy) is 1. The first-order valence-corrected chi connectivity index (χ1v) is 8.34. The Morgan fingerprint density at radius 1 is 1.24 bits per heavy atom. The van der Waals surface area contributed by atoms with Gasteiger partial charge >= 0.3 is 5.97 Å². The smallest absolute Gasteiger partial charge is 0.356 e. The van der Waals surface area contributed by atoms with Crippen LogP contribution >= 0.6 is 0 Å². The summed E-state index contributed by atoms with van der Waals surface area (Å²) in [7, 11) is 1.34. The van der Waals surface area contributed by atoms with Gasteiger partial charge in [-0.05, 0) is 23.1 Å². The molecule has 0 atom stereocenters. The van der Waals surface area contributed by atoms with E-state index in [1.54, 1.807) is 0 Å². The Kier molecular flexibility index (Phi) is 3.97. The monoisotopic (exact) mass is 337 g/mol. The summed E-state index contributed by atoms with van der Waals surface area (Å²) in [5, 5.41) is 2.81. The molecule has 4 rings (SSSR count). The first-order chi connectivity index (χ1) is 12.2. The second-order valence-corrected chi connectivity index (χ2v) is 6.37. The number of rotatable bonds is 3. The van der Waals surface area contributed by atoms with Gasteiger partial charge in [-0.1, -0.05) is 30.3 Å². The normalized spacial score (nSPS) is 16.1. The molecule has 1 aromatic carbocycles. The van der Waals surface area contributed by atoms with E-state index >= 15 is 0 Å². The topological polar surface area (TPSA) is 71.5 Å². The van der Waals surface area contributed by atoms with Crippen molar-refractivity contribution < 1.29 is 14.3 Å².